The maximum Gasteiger partial charge on any atom is 0.339 e. The van der Waals surface area contributed by atoms with Crippen molar-refractivity contribution in [2.24, 2.45) is 0 Å². The summed E-state index contributed by atoms with van der Waals surface area (Å²) in [7, 11) is 1.32. The van der Waals surface area contributed by atoms with E-state index >= 15 is 0 Å². The summed E-state index contributed by atoms with van der Waals surface area (Å²) >= 11 is 5.98. The second-order valence-electron chi connectivity index (χ2n) is 3.87. The highest BCUT2D eigenvalue weighted by Gasteiger charge is 2.28. The van der Waals surface area contributed by atoms with Crippen molar-refractivity contribution < 1.29 is 14.3 Å². The van der Waals surface area contributed by atoms with Gasteiger partial charge in [0.2, 0.25) is 0 Å². The van der Waals surface area contributed by atoms with Gasteiger partial charge in [-0.2, -0.15) is 0 Å². The highest BCUT2D eigenvalue weighted by atomic mass is 35.5. The van der Waals surface area contributed by atoms with Gasteiger partial charge in [0.25, 0.3) is 0 Å². The number of halogens is 1. The molecule has 0 bridgehead atoms. The predicted octanol–water partition coefficient (Wildman–Crippen LogP) is 2.57. The van der Waals surface area contributed by atoms with Crippen LogP contribution in [0, 0.1) is 0 Å². The summed E-state index contributed by atoms with van der Waals surface area (Å²) in [5.74, 6) is 0.0936. The van der Waals surface area contributed by atoms with Crippen molar-refractivity contribution in [3.63, 3.8) is 0 Å². The fourth-order valence-corrected chi connectivity index (χ4v) is 2.05. The Bertz CT molecular complexity index is 446. The van der Waals surface area contributed by atoms with E-state index in [-0.39, 0.29) is 11.7 Å². The lowest BCUT2D eigenvalue weighted by molar-refractivity contribution is -0.124. The third-order valence-electron chi connectivity index (χ3n) is 2.82. The van der Waals surface area contributed by atoms with E-state index in [9.17, 15) is 9.59 Å². The van der Waals surface area contributed by atoms with E-state index in [4.69, 9.17) is 11.6 Å². The zero-order chi connectivity index (χ0) is 11.7. The molecule has 0 spiro atoms. The maximum atomic E-state index is 11.3. The van der Waals surface area contributed by atoms with Crippen LogP contribution in [0.25, 0.3) is 0 Å². The molecule has 0 heterocycles. The van der Waals surface area contributed by atoms with Crippen LogP contribution < -0.4 is 0 Å². The summed E-state index contributed by atoms with van der Waals surface area (Å²) < 4.78 is 4.60. The Balaban J connectivity index is 2.22. The zero-order valence-corrected chi connectivity index (χ0v) is 9.58. The summed E-state index contributed by atoms with van der Waals surface area (Å²) in [5, 5.41) is 0.378. The number of ketones is 1. The second-order valence-corrected chi connectivity index (χ2v) is 4.28. The first-order valence-corrected chi connectivity index (χ1v) is 5.39. The van der Waals surface area contributed by atoms with Crippen LogP contribution in [-0.2, 0) is 9.53 Å². The predicted molar refractivity (Wildman–Crippen MR) is 59.8 cm³/mol. The largest absolute Gasteiger partial charge is 0.465 e. The zero-order valence-electron chi connectivity index (χ0n) is 8.83. The van der Waals surface area contributed by atoms with Crippen molar-refractivity contribution >= 4 is 23.4 Å². The molecule has 84 valence electrons. The lowest BCUT2D eigenvalue weighted by Gasteiger charge is -2.24. The summed E-state index contributed by atoms with van der Waals surface area (Å²) in [6, 6.07) is 5.21. The Morgan fingerprint density at radius 3 is 2.62 bits per heavy atom. The lowest BCUT2D eigenvalue weighted by Crippen LogP contribution is -2.21. The SMILES string of the molecule is COC(=O)c1ccc(C2CC(=O)C2)cc1Cl. The van der Waals surface area contributed by atoms with Gasteiger partial charge < -0.3 is 4.74 Å². The Morgan fingerprint density at radius 1 is 1.44 bits per heavy atom. The molecule has 4 heteroatoms. The number of hydrogen-bond donors (Lipinski definition) is 0. The number of esters is 1. The molecule has 0 atom stereocenters. The minimum atomic E-state index is -0.443. The second kappa shape index (κ2) is 4.26. The van der Waals surface area contributed by atoms with Gasteiger partial charge in [-0.25, -0.2) is 4.79 Å². The summed E-state index contributed by atoms with van der Waals surface area (Å²) in [5.41, 5.74) is 1.37. The van der Waals surface area contributed by atoms with Crippen LogP contribution in [-0.4, -0.2) is 18.9 Å². The minimum absolute atomic E-state index is 0.261. The third kappa shape index (κ3) is 1.95. The molecule has 1 saturated carbocycles. The Labute approximate surface area is 98.4 Å². The van der Waals surface area contributed by atoms with E-state index in [1.54, 1.807) is 12.1 Å². The summed E-state index contributed by atoms with van der Waals surface area (Å²) in [6.45, 7) is 0. The van der Waals surface area contributed by atoms with Gasteiger partial charge in [0, 0.05) is 12.8 Å². The topological polar surface area (TPSA) is 43.4 Å². The van der Waals surface area contributed by atoms with E-state index in [2.05, 4.69) is 4.74 Å². The molecule has 1 aromatic carbocycles. The van der Waals surface area contributed by atoms with E-state index in [1.807, 2.05) is 6.07 Å². The first-order valence-electron chi connectivity index (χ1n) is 5.01. The van der Waals surface area contributed by atoms with E-state index in [0.717, 1.165) is 5.56 Å². The fourth-order valence-electron chi connectivity index (χ4n) is 1.79. The number of carbonyl (C=O) groups is 2. The van der Waals surface area contributed by atoms with Crippen LogP contribution >= 0.6 is 11.6 Å². The molecule has 1 aliphatic carbocycles. The standard InChI is InChI=1S/C12H11ClO3/c1-16-12(15)10-3-2-7(6-11(10)13)8-4-9(14)5-8/h2-3,6,8H,4-5H2,1H3. The van der Waals surface area contributed by atoms with Crippen molar-refractivity contribution in [2.75, 3.05) is 7.11 Å². The molecule has 0 amide bonds. The van der Waals surface area contributed by atoms with Crippen molar-refractivity contribution in [2.45, 2.75) is 18.8 Å². The van der Waals surface area contributed by atoms with Gasteiger partial charge >= 0.3 is 5.97 Å². The fraction of sp³-hybridized carbons (Fsp3) is 0.333. The molecule has 0 N–H and O–H groups in total. The van der Waals surface area contributed by atoms with Crippen LogP contribution in [0.1, 0.15) is 34.7 Å². The Kier molecular flexibility index (Phi) is 2.97. The van der Waals surface area contributed by atoms with Gasteiger partial charge in [0.1, 0.15) is 5.78 Å². The first kappa shape index (κ1) is 11.1. The van der Waals surface area contributed by atoms with Gasteiger partial charge in [-0.15, -0.1) is 0 Å². The van der Waals surface area contributed by atoms with Crippen molar-refractivity contribution in [3.05, 3.63) is 34.3 Å². The van der Waals surface area contributed by atoms with Gasteiger partial charge in [0.15, 0.2) is 0 Å². The number of benzene rings is 1. The number of Topliss-reactive ketones (excluding diaryl/α,β-unsaturated/α-hetero) is 1. The summed E-state index contributed by atoms with van der Waals surface area (Å²) in [4.78, 5) is 22.2. The molecule has 1 aliphatic rings. The molecule has 0 radical (unpaired) electrons. The normalized spacial score (nSPS) is 15.8. The number of hydrogen-bond acceptors (Lipinski definition) is 3. The molecule has 1 aromatic rings. The van der Waals surface area contributed by atoms with Gasteiger partial charge in [-0.3, -0.25) is 4.79 Å². The molecule has 0 unspecified atom stereocenters. The first-order chi connectivity index (χ1) is 7.61. The highest BCUT2D eigenvalue weighted by Crippen LogP contribution is 2.35. The van der Waals surface area contributed by atoms with E-state index < -0.39 is 5.97 Å². The maximum absolute atomic E-state index is 11.3. The minimum Gasteiger partial charge on any atom is -0.465 e. The molecule has 0 saturated heterocycles. The van der Waals surface area contributed by atoms with Crippen molar-refractivity contribution in [3.8, 4) is 0 Å². The lowest BCUT2D eigenvalue weighted by atomic mass is 9.79. The molecular weight excluding hydrogens is 228 g/mol. The van der Waals surface area contributed by atoms with Crippen LogP contribution in [0.5, 0.6) is 0 Å². The number of carbonyl (C=O) groups excluding carboxylic acids is 2. The molecular formula is C12H11ClO3. The number of methoxy groups -OCH3 is 1. The van der Waals surface area contributed by atoms with E-state index in [0.29, 0.717) is 23.4 Å². The average Bonchev–Trinajstić information content (AvgIpc) is 2.23. The number of ether oxygens (including phenoxy) is 1. The van der Waals surface area contributed by atoms with Crippen LogP contribution in [0.15, 0.2) is 18.2 Å². The molecule has 16 heavy (non-hydrogen) atoms. The third-order valence-corrected chi connectivity index (χ3v) is 3.13. The molecule has 0 aliphatic heterocycles. The van der Waals surface area contributed by atoms with Gasteiger partial charge in [0.05, 0.1) is 17.7 Å². The monoisotopic (exact) mass is 238 g/mol. The molecule has 2 rings (SSSR count). The smallest absolute Gasteiger partial charge is 0.339 e. The van der Waals surface area contributed by atoms with E-state index in [1.165, 1.54) is 7.11 Å². The van der Waals surface area contributed by atoms with Crippen molar-refractivity contribution in [1.82, 2.24) is 0 Å². The highest BCUT2D eigenvalue weighted by molar-refractivity contribution is 6.33. The molecule has 3 nitrogen and oxygen atoms in total. The average molecular weight is 239 g/mol. The Morgan fingerprint density at radius 2 is 2.12 bits per heavy atom. The quantitative estimate of drug-likeness (QED) is 0.744. The number of rotatable bonds is 2. The van der Waals surface area contributed by atoms with Gasteiger partial charge in [-0.05, 0) is 23.6 Å². The Hall–Kier alpha value is -1.35. The molecule has 0 aromatic heterocycles. The van der Waals surface area contributed by atoms with Crippen LogP contribution in [0.4, 0.5) is 0 Å². The van der Waals surface area contributed by atoms with Crippen LogP contribution in [0.2, 0.25) is 5.02 Å². The van der Waals surface area contributed by atoms with Gasteiger partial charge in [-0.1, -0.05) is 17.7 Å². The molecule has 1 fully saturated rings. The summed E-state index contributed by atoms with van der Waals surface area (Å²) in [6.07, 6.45) is 1.15. The van der Waals surface area contributed by atoms with Crippen LogP contribution in [0.3, 0.4) is 0 Å². The van der Waals surface area contributed by atoms with Crippen molar-refractivity contribution in [1.29, 1.82) is 0 Å².